The predicted molar refractivity (Wildman–Crippen MR) is 82.7 cm³/mol. The average Bonchev–Trinajstić information content (AvgIpc) is 2.46. The van der Waals surface area contributed by atoms with Crippen LogP contribution in [0.15, 0.2) is 30.3 Å². The highest BCUT2D eigenvalue weighted by Crippen LogP contribution is 2.32. The van der Waals surface area contributed by atoms with Crippen LogP contribution in [0, 0.1) is 0 Å². The molecule has 0 saturated carbocycles. The van der Waals surface area contributed by atoms with E-state index < -0.39 is 5.92 Å². The maximum absolute atomic E-state index is 13.8. The van der Waals surface area contributed by atoms with Crippen LogP contribution in [0.5, 0.6) is 0 Å². The van der Waals surface area contributed by atoms with Gasteiger partial charge in [0.2, 0.25) is 0 Å². The molecule has 114 valence electrons. The minimum atomic E-state index is -2.75. The summed E-state index contributed by atoms with van der Waals surface area (Å²) in [6.45, 7) is 1.10. The van der Waals surface area contributed by atoms with E-state index >= 15 is 0 Å². The normalized spacial score (nSPS) is 11.8. The van der Waals surface area contributed by atoms with Crippen LogP contribution < -0.4 is 0 Å². The summed E-state index contributed by atoms with van der Waals surface area (Å²) < 4.78 is 33.0. The Kier molecular flexibility index (Phi) is 9.03. The molecule has 0 spiro atoms. The summed E-state index contributed by atoms with van der Waals surface area (Å²) in [5.41, 5.74) is 0.0924. The van der Waals surface area contributed by atoms with Crippen LogP contribution in [0.2, 0.25) is 0 Å². The van der Waals surface area contributed by atoms with Crippen molar-refractivity contribution in [1.82, 2.24) is 0 Å². The van der Waals surface area contributed by atoms with Gasteiger partial charge in [0.1, 0.15) is 0 Å². The van der Waals surface area contributed by atoms with Crippen LogP contribution >= 0.6 is 15.9 Å². The molecule has 1 nitrogen and oxygen atoms in total. The van der Waals surface area contributed by atoms with E-state index in [2.05, 4.69) is 15.9 Å². The second kappa shape index (κ2) is 10.3. The van der Waals surface area contributed by atoms with Gasteiger partial charge in [-0.3, -0.25) is 0 Å². The summed E-state index contributed by atoms with van der Waals surface area (Å²) in [6.07, 6.45) is 4.78. The Morgan fingerprint density at radius 3 is 2.25 bits per heavy atom. The zero-order chi connectivity index (χ0) is 14.7. The molecule has 0 aliphatic carbocycles. The van der Waals surface area contributed by atoms with Gasteiger partial charge in [-0.1, -0.05) is 59.1 Å². The van der Waals surface area contributed by atoms with Gasteiger partial charge in [-0.15, -0.1) is 0 Å². The lowest BCUT2D eigenvalue weighted by molar-refractivity contribution is -0.0226. The minimum absolute atomic E-state index is 0.0924. The van der Waals surface area contributed by atoms with Crippen LogP contribution in [0.25, 0.3) is 0 Å². The highest BCUT2D eigenvalue weighted by Gasteiger charge is 2.30. The van der Waals surface area contributed by atoms with Gasteiger partial charge < -0.3 is 4.74 Å². The molecular formula is C16H23BrF2O. The monoisotopic (exact) mass is 348 g/mol. The summed E-state index contributed by atoms with van der Waals surface area (Å²) >= 11 is 3.39. The summed E-state index contributed by atoms with van der Waals surface area (Å²) in [5.74, 6) is -2.75. The molecule has 0 atom stereocenters. The van der Waals surface area contributed by atoms with E-state index in [0.29, 0.717) is 19.6 Å². The smallest absolute Gasteiger partial charge is 0.273 e. The highest BCUT2D eigenvalue weighted by molar-refractivity contribution is 9.09. The maximum atomic E-state index is 13.8. The molecule has 0 fully saturated rings. The van der Waals surface area contributed by atoms with E-state index in [1.807, 2.05) is 0 Å². The zero-order valence-electron chi connectivity index (χ0n) is 11.8. The van der Waals surface area contributed by atoms with Crippen LogP contribution in [0.4, 0.5) is 8.78 Å². The van der Waals surface area contributed by atoms with Gasteiger partial charge in [-0.2, -0.15) is 0 Å². The van der Waals surface area contributed by atoms with Crippen LogP contribution in [-0.4, -0.2) is 18.5 Å². The summed E-state index contributed by atoms with van der Waals surface area (Å²) in [5, 5.41) is 1.04. The first-order valence-corrected chi connectivity index (χ1v) is 8.36. The molecule has 0 saturated heterocycles. The Morgan fingerprint density at radius 2 is 1.55 bits per heavy atom. The summed E-state index contributed by atoms with van der Waals surface area (Å²) in [6, 6.07) is 7.99. The van der Waals surface area contributed by atoms with E-state index in [1.165, 1.54) is 25.0 Å². The maximum Gasteiger partial charge on any atom is 0.273 e. The molecule has 0 unspecified atom stereocenters. The van der Waals surface area contributed by atoms with Crippen LogP contribution in [0.1, 0.15) is 44.1 Å². The molecular weight excluding hydrogens is 326 g/mol. The quantitative estimate of drug-likeness (QED) is 0.377. The molecule has 20 heavy (non-hydrogen) atoms. The molecule has 0 bridgehead atoms. The van der Waals surface area contributed by atoms with Gasteiger partial charge in [-0.25, -0.2) is 8.78 Å². The molecule has 0 N–H and O–H groups in total. The predicted octanol–water partition coefficient (Wildman–Crippen LogP) is 5.53. The van der Waals surface area contributed by atoms with Crippen molar-refractivity contribution in [3.63, 3.8) is 0 Å². The number of hydrogen-bond donors (Lipinski definition) is 0. The van der Waals surface area contributed by atoms with Crippen molar-refractivity contribution in [3.8, 4) is 0 Å². The fraction of sp³-hybridized carbons (Fsp3) is 0.625. The molecule has 0 radical (unpaired) electrons. The SMILES string of the molecule is FC(F)(CCCOCCCCCCBr)c1ccccc1. The molecule has 4 heteroatoms. The van der Waals surface area contributed by atoms with Crippen molar-refractivity contribution in [2.24, 2.45) is 0 Å². The Bertz CT molecular complexity index is 344. The van der Waals surface area contributed by atoms with Gasteiger partial charge >= 0.3 is 0 Å². The molecule has 0 amide bonds. The van der Waals surface area contributed by atoms with Crippen molar-refractivity contribution < 1.29 is 13.5 Å². The number of rotatable bonds is 11. The van der Waals surface area contributed by atoms with Crippen molar-refractivity contribution in [2.45, 2.75) is 44.4 Å². The zero-order valence-corrected chi connectivity index (χ0v) is 13.4. The lowest BCUT2D eigenvalue weighted by atomic mass is 10.0. The molecule has 0 aromatic heterocycles. The lowest BCUT2D eigenvalue weighted by Crippen LogP contribution is -2.14. The lowest BCUT2D eigenvalue weighted by Gasteiger charge is -2.16. The van der Waals surface area contributed by atoms with E-state index in [0.717, 1.165) is 18.2 Å². The number of benzene rings is 1. The van der Waals surface area contributed by atoms with Crippen LogP contribution in [-0.2, 0) is 10.7 Å². The topological polar surface area (TPSA) is 9.23 Å². The average molecular weight is 349 g/mol. The van der Waals surface area contributed by atoms with Crippen molar-refractivity contribution in [2.75, 3.05) is 18.5 Å². The fourth-order valence-electron chi connectivity index (χ4n) is 1.98. The Morgan fingerprint density at radius 1 is 0.900 bits per heavy atom. The van der Waals surface area contributed by atoms with E-state index in [4.69, 9.17) is 4.74 Å². The second-order valence-electron chi connectivity index (χ2n) is 4.89. The van der Waals surface area contributed by atoms with Gasteiger partial charge in [0.05, 0.1) is 0 Å². The second-order valence-corrected chi connectivity index (χ2v) is 5.68. The first-order chi connectivity index (χ1) is 9.67. The van der Waals surface area contributed by atoms with E-state index in [1.54, 1.807) is 18.2 Å². The number of ether oxygens (including phenoxy) is 1. The van der Waals surface area contributed by atoms with Crippen molar-refractivity contribution in [3.05, 3.63) is 35.9 Å². The molecule has 0 heterocycles. The van der Waals surface area contributed by atoms with Crippen molar-refractivity contribution >= 4 is 15.9 Å². The number of alkyl halides is 3. The third kappa shape index (κ3) is 7.34. The van der Waals surface area contributed by atoms with Gasteiger partial charge in [0.25, 0.3) is 5.92 Å². The molecule has 1 rings (SSSR count). The minimum Gasteiger partial charge on any atom is -0.381 e. The highest BCUT2D eigenvalue weighted by atomic mass is 79.9. The fourth-order valence-corrected chi connectivity index (χ4v) is 2.37. The molecule has 1 aromatic rings. The Hall–Kier alpha value is -0.480. The summed E-state index contributed by atoms with van der Waals surface area (Å²) in [4.78, 5) is 0. The van der Waals surface area contributed by atoms with Crippen molar-refractivity contribution in [1.29, 1.82) is 0 Å². The third-order valence-corrected chi connectivity index (χ3v) is 3.71. The Balaban J connectivity index is 2.06. The first-order valence-electron chi connectivity index (χ1n) is 7.24. The summed E-state index contributed by atoms with van der Waals surface area (Å²) in [7, 11) is 0. The molecule has 0 aliphatic heterocycles. The standard InChI is InChI=1S/C16H23BrF2O/c17-12-6-1-2-7-13-20-14-8-11-16(18,19)15-9-4-3-5-10-15/h3-5,9-10H,1-2,6-8,11-14H2. The van der Waals surface area contributed by atoms with Gasteiger partial charge in [0, 0.05) is 30.5 Å². The van der Waals surface area contributed by atoms with Gasteiger partial charge in [0.15, 0.2) is 0 Å². The third-order valence-electron chi connectivity index (χ3n) is 3.15. The van der Waals surface area contributed by atoms with E-state index in [-0.39, 0.29) is 12.0 Å². The molecule has 0 aliphatic rings. The Labute approximate surface area is 128 Å². The van der Waals surface area contributed by atoms with Crippen LogP contribution in [0.3, 0.4) is 0 Å². The largest absolute Gasteiger partial charge is 0.381 e. The molecule has 1 aromatic carbocycles. The number of halogens is 3. The van der Waals surface area contributed by atoms with E-state index in [9.17, 15) is 8.78 Å². The number of unbranched alkanes of at least 4 members (excludes halogenated alkanes) is 3. The first kappa shape index (κ1) is 17.6. The van der Waals surface area contributed by atoms with Gasteiger partial charge in [-0.05, 0) is 19.3 Å². The number of hydrogen-bond acceptors (Lipinski definition) is 1.